The van der Waals surface area contributed by atoms with E-state index in [-0.39, 0.29) is 54.4 Å². The summed E-state index contributed by atoms with van der Waals surface area (Å²) in [7, 11) is 0. The van der Waals surface area contributed by atoms with E-state index in [4.69, 9.17) is 4.74 Å². The van der Waals surface area contributed by atoms with Crippen molar-refractivity contribution in [3.63, 3.8) is 0 Å². The lowest BCUT2D eigenvalue weighted by molar-refractivity contribution is -0.209. The topological polar surface area (TPSA) is 80.8 Å². The summed E-state index contributed by atoms with van der Waals surface area (Å²) in [5, 5.41) is -0.304. The zero-order valence-corrected chi connectivity index (χ0v) is 18.7. The number of hydrogen-bond donors (Lipinski definition) is 0. The maximum Gasteiger partial charge on any atom is 0.308 e. The molecule has 1 aromatic carbocycles. The predicted octanol–water partition coefficient (Wildman–Crippen LogP) is 3.29. The SMILES string of the molecule is CC(C)=CCCC(=O)[C@]12OC(=O)C[C@H]1CS[C@@H]1[C@H](CC(=O)Cc3ccccc3)C(=O)N12. The van der Waals surface area contributed by atoms with Gasteiger partial charge in [-0.1, -0.05) is 42.0 Å². The Hall–Kier alpha value is -2.41. The second-order valence-electron chi connectivity index (χ2n) is 8.76. The van der Waals surface area contributed by atoms with Crippen molar-refractivity contribution in [1.29, 1.82) is 0 Å². The minimum atomic E-state index is -1.49. The smallest absolute Gasteiger partial charge is 0.308 e. The van der Waals surface area contributed by atoms with Crippen LogP contribution in [0, 0.1) is 11.8 Å². The fourth-order valence-corrected chi connectivity index (χ4v) is 6.38. The molecule has 3 saturated heterocycles. The third-order valence-electron chi connectivity index (χ3n) is 6.23. The van der Waals surface area contributed by atoms with Gasteiger partial charge in [0.1, 0.15) is 5.78 Å². The van der Waals surface area contributed by atoms with Gasteiger partial charge < -0.3 is 4.74 Å². The summed E-state index contributed by atoms with van der Waals surface area (Å²) in [6.45, 7) is 3.93. The second kappa shape index (κ2) is 8.61. The molecule has 0 aliphatic carbocycles. The first kappa shape index (κ1) is 21.8. The molecular weight excluding hydrogens is 414 g/mol. The predicted molar refractivity (Wildman–Crippen MR) is 117 cm³/mol. The lowest BCUT2D eigenvalue weighted by Crippen LogP contribution is -2.75. The molecule has 6 nitrogen and oxygen atoms in total. The third kappa shape index (κ3) is 3.95. The number of ketones is 2. The number of carbonyl (C=O) groups excluding carboxylic acids is 4. The van der Waals surface area contributed by atoms with E-state index in [0.717, 1.165) is 11.1 Å². The number of fused-ring (bicyclic) bond motifs is 3. The molecule has 3 heterocycles. The first-order valence-corrected chi connectivity index (χ1v) is 11.8. The van der Waals surface area contributed by atoms with Crippen molar-refractivity contribution in [1.82, 2.24) is 4.90 Å². The van der Waals surface area contributed by atoms with E-state index in [1.54, 1.807) is 11.8 Å². The van der Waals surface area contributed by atoms with Crippen LogP contribution >= 0.6 is 11.8 Å². The van der Waals surface area contributed by atoms with Crippen molar-refractivity contribution >= 4 is 35.2 Å². The van der Waals surface area contributed by atoms with Gasteiger partial charge in [0.05, 0.1) is 17.7 Å². The van der Waals surface area contributed by atoms with Crippen LogP contribution in [0.25, 0.3) is 0 Å². The Labute approximate surface area is 186 Å². The molecule has 3 fully saturated rings. The van der Waals surface area contributed by atoms with Crippen LogP contribution in [0.15, 0.2) is 42.0 Å². The van der Waals surface area contributed by atoms with Crippen LogP contribution in [-0.4, -0.2) is 45.2 Å². The normalized spacial score (nSPS) is 28.8. The van der Waals surface area contributed by atoms with Crippen LogP contribution in [0.3, 0.4) is 0 Å². The van der Waals surface area contributed by atoms with Gasteiger partial charge in [-0.15, -0.1) is 11.8 Å². The minimum absolute atomic E-state index is 0.000671. The summed E-state index contributed by atoms with van der Waals surface area (Å²) in [5.41, 5.74) is 0.543. The van der Waals surface area contributed by atoms with E-state index in [2.05, 4.69) is 0 Å². The summed E-state index contributed by atoms with van der Waals surface area (Å²) in [6, 6.07) is 9.45. The zero-order valence-electron chi connectivity index (χ0n) is 17.8. The Morgan fingerprint density at radius 2 is 1.97 bits per heavy atom. The number of benzene rings is 1. The quantitative estimate of drug-likeness (QED) is 0.350. The van der Waals surface area contributed by atoms with Crippen molar-refractivity contribution in [3.8, 4) is 0 Å². The molecule has 7 heteroatoms. The molecule has 0 bridgehead atoms. The Balaban J connectivity index is 1.49. The van der Waals surface area contributed by atoms with Crippen LogP contribution in [0.5, 0.6) is 0 Å². The van der Waals surface area contributed by atoms with Gasteiger partial charge in [-0.05, 0) is 25.8 Å². The zero-order chi connectivity index (χ0) is 22.2. The summed E-state index contributed by atoms with van der Waals surface area (Å²) in [4.78, 5) is 52.6. The highest BCUT2D eigenvalue weighted by molar-refractivity contribution is 8.00. The van der Waals surface area contributed by atoms with Gasteiger partial charge >= 0.3 is 5.97 Å². The van der Waals surface area contributed by atoms with Crippen molar-refractivity contribution in [2.45, 2.75) is 57.1 Å². The molecular formula is C24H27NO5S. The summed E-state index contributed by atoms with van der Waals surface area (Å²) in [6.07, 6.45) is 3.31. The van der Waals surface area contributed by atoms with Gasteiger partial charge in [0, 0.05) is 30.9 Å². The Kier molecular flexibility index (Phi) is 6.06. The molecule has 0 spiro atoms. The molecule has 4 atom stereocenters. The van der Waals surface area contributed by atoms with Gasteiger partial charge in [0.25, 0.3) is 5.72 Å². The van der Waals surface area contributed by atoms with Gasteiger partial charge in [0.15, 0.2) is 5.78 Å². The highest BCUT2D eigenvalue weighted by Gasteiger charge is 2.69. The van der Waals surface area contributed by atoms with E-state index in [0.29, 0.717) is 12.2 Å². The number of nitrogens with zero attached hydrogens (tertiary/aromatic N) is 1. The molecule has 0 N–H and O–H groups in total. The number of esters is 1. The highest BCUT2D eigenvalue weighted by Crippen LogP contribution is 2.54. The molecule has 0 aromatic heterocycles. The average molecular weight is 442 g/mol. The number of carbonyl (C=O) groups is 4. The minimum Gasteiger partial charge on any atom is -0.431 e. The van der Waals surface area contributed by atoms with Crippen LogP contribution < -0.4 is 0 Å². The van der Waals surface area contributed by atoms with Crippen LogP contribution in [0.4, 0.5) is 0 Å². The first-order chi connectivity index (χ1) is 14.8. The Morgan fingerprint density at radius 3 is 2.68 bits per heavy atom. The van der Waals surface area contributed by atoms with Gasteiger partial charge in [-0.25, -0.2) is 0 Å². The fourth-order valence-electron chi connectivity index (χ4n) is 4.76. The van der Waals surface area contributed by atoms with Gasteiger partial charge in [-0.2, -0.15) is 0 Å². The van der Waals surface area contributed by atoms with E-state index in [1.807, 2.05) is 50.3 Å². The second-order valence-corrected chi connectivity index (χ2v) is 9.91. The number of hydrogen-bond acceptors (Lipinski definition) is 6. The van der Waals surface area contributed by atoms with Crippen molar-refractivity contribution in [2.24, 2.45) is 11.8 Å². The molecule has 31 heavy (non-hydrogen) atoms. The maximum atomic E-state index is 13.3. The lowest BCUT2D eigenvalue weighted by Gasteiger charge is -2.58. The van der Waals surface area contributed by atoms with Crippen molar-refractivity contribution in [3.05, 3.63) is 47.5 Å². The molecule has 3 aliphatic heterocycles. The van der Waals surface area contributed by atoms with E-state index in [9.17, 15) is 19.2 Å². The van der Waals surface area contributed by atoms with Gasteiger partial charge in [0.2, 0.25) is 5.91 Å². The summed E-state index contributed by atoms with van der Waals surface area (Å²) in [5.74, 6) is -1.13. The molecule has 1 amide bonds. The number of β-lactam (4-membered cyclic amide) rings is 1. The van der Waals surface area contributed by atoms with Gasteiger partial charge in [-0.3, -0.25) is 24.1 Å². The Bertz CT molecular complexity index is 939. The molecule has 164 valence electrons. The number of allylic oxidation sites excluding steroid dienone is 2. The van der Waals surface area contributed by atoms with E-state index >= 15 is 0 Å². The number of amides is 1. The van der Waals surface area contributed by atoms with Crippen LogP contribution in [0.1, 0.15) is 45.1 Å². The number of thioether (sulfide) groups is 1. The van der Waals surface area contributed by atoms with Crippen LogP contribution in [0.2, 0.25) is 0 Å². The standard InChI is InChI=1S/C24H27NO5S/c1-15(2)7-6-10-20(27)24-17(12-21(28)30-24)14-31-23-19(22(29)25(23)24)13-18(26)11-16-8-4-3-5-9-16/h3-5,7-9,17,19,23H,6,10-14H2,1-2H3/t17-,19+,23+,24+/m0/s1. The molecule has 0 saturated carbocycles. The molecule has 1 aromatic rings. The largest absolute Gasteiger partial charge is 0.431 e. The van der Waals surface area contributed by atoms with Crippen LogP contribution in [-0.2, 0) is 30.3 Å². The number of ether oxygens (including phenoxy) is 1. The maximum absolute atomic E-state index is 13.3. The van der Waals surface area contributed by atoms with Crippen molar-refractivity contribution in [2.75, 3.05) is 5.75 Å². The highest BCUT2D eigenvalue weighted by atomic mass is 32.2. The molecule has 4 rings (SSSR count). The van der Waals surface area contributed by atoms with Crippen molar-refractivity contribution < 1.29 is 23.9 Å². The van der Waals surface area contributed by atoms with E-state index in [1.165, 1.54) is 4.90 Å². The number of rotatable bonds is 8. The molecule has 0 radical (unpaired) electrons. The monoisotopic (exact) mass is 441 g/mol. The fraction of sp³-hybridized carbons (Fsp3) is 0.500. The summed E-state index contributed by atoms with van der Waals surface area (Å²) < 4.78 is 5.62. The molecule has 0 unspecified atom stereocenters. The Morgan fingerprint density at radius 1 is 1.23 bits per heavy atom. The van der Waals surface area contributed by atoms with E-state index < -0.39 is 17.6 Å². The summed E-state index contributed by atoms with van der Waals surface area (Å²) >= 11 is 1.55. The average Bonchev–Trinajstić information content (AvgIpc) is 3.07. The lowest BCUT2D eigenvalue weighted by atomic mass is 9.81. The first-order valence-electron chi connectivity index (χ1n) is 10.7. The number of Topliss-reactive ketones (excluding diaryl/α,β-unsaturated/α-hetero) is 2. The third-order valence-corrected chi connectivity index (χ3v) is 7.71. The molecule has 3 aliphatic rings.